The lowest BCUT2D eigenvalue weighted by molar-refractivity contribution is -0.116. The number of carbonyl (C=O) groups excluding carboxylic acids is 1. The summed E-state index contributed by atoms with van der Waals surface area (Å²) in [5.41, 5.74) is 3.16. The van der Waals surface area contributed by atoms with E-state index >= 15 is 0 Å². The van der Waals surface area contributed by atoms with Crippen molar-refractivity contribution in [2.24, 2.45) is 0 Å². The van der Waals surface area contributed by atoms with Crippen molar-refractivity contribution in [2.75, 3.05) is 10.6 Å². The van der Waals surface area contributed by atoms with Crippen molar-refractivity contribution in [3.05, 3.63) is 43.5 Å². The lowest BCUT2D eigenvalue weighted by atomic mass is 10.0. The summed E-state index contributed by atoms with van der Waals surface area (Å²) in [5.74, 6) is 0.0938. The molecule has 1 aromatic carbocycles. The Hall–Kier alpha value is -1.04. The number of thiophene rings is 1. The molecular weight excluding hydrogens is 360 g/mol. The average molecular weight is 372 g/mol. The van der Waals surface area contributed by atoms with E-state index in [-0.39, 0.29) is 5.91 Å². The number of benzene rings is 1. The summed E-state index contributed by atoms with van der Waals surface area (Å²) in [6.07, 6.45) is 1.36. The van der Waals surface area contributed by atoms with Crippen LogP contribution in [0, 0.1) is 0 Å². The van der Waals surface area contributed by atoms with Crippen molar-refractivity contribution in [1.82, 2.24) is 0 Å². The Morgan fingerprint density at radius 1 is 1.35 bits per heavy atom. The topological polar surface area (TPSA) is 41.1 Å². The molecule has 0 unspecified atom stereocenters. The minimum Gasteiger partial charge on any atom is -0.380 e. The SMILES string of the molecule is O=C1CCc2cc(NCc3cc(Br)c(Cl)s3)ccc2N1. The van der Waals surface area contributed by atoms with Crippen LogP contribution in [0.2, 0.25) is 4.34 Å². The molecule has 2 aromatic rings. The van der Waals surface area contributed by atoms with Crippen LogP contribution in [0.3, 0.4) is 0 Å². The Labute approximate surface area is 134 Å². The van der Waals surface area contributed by atoms with Crippen LogP contribution < -0.4 is 10.6 Å². The van der Waals surface area contributed by atoms with Gasteiger partial charge in [0, 0.05) is 33.7 Å². The van der Waals surface area contributed by atoms with E-state index in [1.54, 1.807) is 11.3 Å². The number of aryl methyl sites for hydroxylation is 1. The number of rotatable bonds is 3. The van der Waals surface area contributed by atoms with Gasteiger partial charge in [0.05, 0.1) is 0 Å². The molecule has 6 heteroatoms. The molecule has 1 aliphatic rings. The molecule has 0 bridgehead atoms. The summed E-state index contributed by atoms with van der Waals surface area (Å²) in [5, 5.41) is 6.26. The van der Waals surface area contributed by atoms with E-state index in [1.165, 1.54) is 10.4 Å². The molecule has 0 spiro atoms. The van der Waals surface area contributed by atoms with Gasteiger partial charge in [-0.25, -0.2) is 0 Å². The Morgan fingerprint density at radius 2 is 2.20 bits per heavy atom. The highest BCUT2D eigenvalue weighted by Crippen LogP contribution is 2.32. The van der Waals surface area contributed by atoms with Gasteiger partial charge in [-0.15, -0.1) is 11.3 Å². The molecule has 0 saturated carbocycles. The maximum atomic E-state index is 11.3. The molecule has 1 amide bonds. The first-order valence-electron chi connectivity index (χ1n) is 6.22. The third-order valence-corrected chi connectivity index (χ3v) is 5.64. The van der Waals surface area contributed by atoms with Gasteiger partial charge in [0.25, 0.3) is 0 Å². The molecule has 3 rings (SSSR count). The predicted octanol–water partition coefficient (Wildman–Crippen LogP) is 4.66. The number of hydrogen-bond donors (Lipinski definition) is 2. The summed E-state index contributed by atoms with van der Waals surface area (Å²) >= 11 is 11.0. The average Bonchev–Trinajstić information content (AvgIpc) is 2.75. The van der Waals surface area contributed by atoms with E-state index in [4.69, 9.17) is 11.6 Å². The normalized spacial score (nSPS) is 13.8. The van der Waals surface area contributed by atoms with Crippen molar-refractivity contribution in [3.63, 3.8) is 0 Å². The Bertz CT molecular complexity index is 652. The van der Waals surface area contributed by atoms with E-state index in [0.29, 0.717) is 6.42 Å². The second-order valence-corrected chi connectivity index (χ2v) is 7.20. The Kier molecular flexibility index (Phi) is 4.01. The molecule has 2 N–H and O–H groups in total. The number of carbonyl (C=O) groups is 1. The smallest absolute Gasteiger partial charge is 0.224 e. The summed E-state index contributed by atoms with van der Waals surface area (Å²) < 4.78 is 1.71. The van der Waals surface area contributed by atoms with Crippen LogP contribution >= 0.6 is 38.9 Å². The van der Waals surface area contributed by atoms with Crippen LogP contribution in [-0.4, -0.2) is 5.91 Å². The van der Waals surface area contributed by atoms with E-state index in [0.717, 1.165) is 33.1 Å². The van der Waals surface area contributed by atoms with E-state index in [2.05, 4.69) is 32.6 Å². The van der Waals surface area contributed by atoms with Crippen molar-refractivity contribution < 1.29 is 4.79 Å². The van der Waals surface area contributed by atoms with Crippen molar-refractivity contribution in [1.29, 1.82) is 0 Å². The van der Waals surface area contributed by atoms with Gasteiger partial charge >= 0.3 is 0 Å². The molecule has 1 aromatic heterocycles. The highest BCUT2D eigenvalue weighted by molar-refractivity contribution is 9.10. The third-order valence-electron chi connectivity index (χ3n) is 3.16. The number of hydrogen-bond acceptors (Lipinski definition) is 3. The van der Waals surface area contributed by atoms with E-state index in [1.807, 2.05) is 18.2 Å². The summed E-state index contributed by atoms with van der Waals surface area (Å²) in [6, 6.07) is 8.05. The maximum absolute atomic E-state index is 11.3. The van der Waals surface area contributed by atoms with Gasteiger partial charge in [0.2, 0.25) is 5.91 Å². The fraction of sp³-hybridized carbons (Fsp3) is 0.214. The summed E-state index contributed by atoms with van der Waals surface area (Å²) in [6.45, 7) is 0.737. The molecule has 0 atom stereocenters. The second kappa shape index (κ2) is 5.76. The summed E-state index contributed by atoms with van der Waals surface area (Å²) in [4.78, 5) is 12.5. The van der Waals surface area contributed by atoms with Crippen molar-refractivity contribution in [2.45, 2.75) is 19.4 Å². The molecule has 20 heavy (non-hydrogen) atoms. The molecule has 104 valence electrons. The minimum absolute atomic E-state index is 0.0938. The first kappa shape index (κ1) is 13.9. The standard InChI is InChI=1S/C14H12BrClN2OS/c15-11-6-10(20-14(11)16)7-17-9-2-3-12-8(5-9)1-4-13(19)18-12/h2-3,5-6,17H,1,4,7H2,(H,18,19). The molecule has 3 nitrogen and oxygen atoms in total. The molecular formula is C14H12BrClN2OS. The van der Waals surface area contributed by atoms with Gasteiger partial charge in [-0.3, -0.25) is 4.79 Å². The number of fused-ring (bicyclic) bond motifs is 1. The molecule has 1 aliphatic heterocycles. The van der Waals surface area contributed by atoms with E-state index < -0.39 is 0 Å². The van der Waals surface area contributed by atoms with Crippen LogP contribution in [0.15, 0.2) is 28.7 Å². The van der Waals surface area contributed by atoms with Gasteiger partial charge in [-0.1, -0.05) is 11.6 Å². The zero-order valence-electron chi connectivity index (χ0n) is 10.5. The first-order chi connectivity index (χ1) is 9.61. The number of halogens is 2. The maximum Gasteiger partial charge on any atom is 0.224 e. The fourth-order valence-corrected chi connectivity index (χ4v) is 3.89. The van der Waals surface area contributed by atoms with Gasteiger partial charge in [0.15, 0.2) is 0 Å². The fourth-order valence-electron chi connectivity index (χ4n) is 2.16. The van der Waals surface area contributed by atoms with Gasteiger partial charge in [-0.2, -0.15) is 0 Å². The zero-order valence-corrected chi connectivity index (χ0v) is 13.7. The zero-order chi connectivity index (χ0) is 14.1. The van der Waals surface area contributed by atoms with E-state index in [9.17, 15) is 4.79 Å². The lowest BCUT2D eigenvalue weighted by Crippen LogP contribution is -2.18. The van der Waals surface area contributed by atoms with Crippen molar-refractivity contribution >= 4 is 56.1 Å². The van der Waals surface area contributed by atoms with Crippen LogP contribution in [0.25, 0.3) is 0 Å². The van der Waals surface area contributed by atoms with Gasteiger partial charge < -0.3 is 10.6 Å². The van der Waals surface area contributed by atoms with Gasteiger partial charge in [0.1, 0.15) is 4.34 Å². The monoisotopic (exact) mass is 370 g/mol. The largest absolute Gasteiger partial charge is 0.380 e. The molecule has 2 heterocycles. The van der Waals surface area contributed by atoms with Crippen LogP contribution in [0.1, 0.15) is 16.9 Å². The molecule has 0 aliphatic carbocycles. The second-order valence-electron chi connectivity index (χ2n) is 4.61. The molecule has 0 fully saturated rings. The van der Waals surface area contributed by atoms with Gasteiger partial charge in [-0.05, 0) is 52.2 Å². The Balaban J connectivity index is 1.70. The molecule has 0 saturated heterocycles. The quantitative estimate of drug-likeness (QED) is 0.824. The number of anilines is 2. The highest BCUT2D eigenvalue weighted by Gasteiger charge is 2.14. The predicted molar refractivity (Wildman–Crippen MR) is 87.7 cm³/mol. The minimum atomic E-state index is 0.0938. The van der Waals surface area contributed by atoms with Crippen molar-refractivity contribution in [3.8, 4) is 0 Å². The summed E-state index contributed by atoms with van der Waals surface area (Å²) in [7, 11) is 0. The Morgan fingerprint density at radius 3 is 2.95 bits per heavy atom. The third kappa shape index (κ3) is 3.00. The van der Waals surface area contributed by atoms with Crippen LogP contribution in [0.4, 0.5) is 11.4 Å². The first-order valence-corrected chi connectivity index (χ1v) is 8.21. The number of nitrogens with one attached hydrogen (secondary N) is 2. The highest BCUT2D eigenvalue weighted by atomic mass is 79.9. The van der Waals surface area contributed by atoms with Crippen LogP contribution in [0.5, 0.6) is 0 Å². The molecule has 0 radical (unpaired) electrons. The van der Waals surface area contributed by atoms with Crippen LogP contribution in [-0.2, 0) is 17.8 Å². The number of amides is 1. The lowest BCUT2D eigenvalue weighted by Gasteiger charge is -2.17.